The summed E-state index contributed by atoms with van der Waals surface area (Å²) in [6, 6.07) is 41.1. The molecular weight excluding hydrogens is 661 g/mol. The number of hydrogen-bond acceptors (Lipinski definition) is 6. The highest BCUT2D eigenvalue weighted by molar-refractivity contribution is 7.99. The first-order valence-electron chi connectivity index (χ1n) is 17.1. The number of H-pyrrole nitrogens is 1. The van der Waals surface area contributed by atoms with Crippen molar-refractivity contribution < 1.29 is 13.9 Å². The topological polar surface area (TPSA) is 82.6 Å². The molecule has 3 atom stereocenters. The fraction of sp³-hybridized carbons (Fsp3) is 0.317. The fourth-order valence-corrected chi connectivity index (χ4v) is 12.1. The molecule has 4 aromatic carbocycles. The summed E-state index contributed by atoms with van der Waals surface area (Å²) in [5.41, 5.74) is 1.56. The van der Waals surface area contributed by atoms with E-state index in [1.807, 2.05) is 79.7 Å². The van der Waals surface area contributed by atoms with Gasteiger partial charge in [0.15, 0.2) is 0 Å². The van der Waals surface area contributed by atoms with E-state index in [0.717, 1.165) is 21.5 Å². The maximum atomic E-state index is 13.5. The third kappa shape index (κ3) is 8.83. The van der Waals surface area contributed by atoms with Gasteiger partial charge in [0.05, 0.1) is 19.8 Å². The summed E-state index contributed by atoms with van der Waals surface area (Å²) in [5, 5.41) is 1.53. The smallest absolute Gasteiger partial charge is 0.329 e. The molecule has 0 aliphatic carbocycles. The SMILES string of the molecule is CCS[C@@H]([C@H](OCc1ccccc1)[C@H](CO[Si](c1ccccc1)(c1ccccc1)C(C)(C)C)OCc1ccccc1)n1cc(C)c(=O)[nH]c1=O. The lowest BCUT2D eigenvalue weighted by Gasteiger charge is -2.44. The van der Waals surface area contributed by atoms with E-state index in [2.05, 4.69) is 74.3 Å². The van der Waals surface area contributed by atoms with Gasteiger partial charge < -0.3 is 13.9 Å². The Kier molecular flexibility index (Phi) is 12.9. The first-order valence-corrected chi connectivity index (χ1v) is 20.1. The molecule has 0 saturated carbocycles. The minimum Gasteiger partial charge on any atom is -0.405 e. The Hall–Kier alpha value is -3.99. The molecule has 7 nitrogen and oxygen atoms in total. The molecule has 0 radical (unpaired) electrons. The van der Waals surface area contributed by atoms with Crippen molar-refractivity contribution in [1.82, 2.24) is 9.55 Å². The lowest BCUT2D eigenvalue weighted by Crippen LogP contribution is -2.67. The van der Waals surface area contributed by atoms with E-state index in [1.54, 1.807) is 29.4 Å². The Morgan fingerprint density at radius 2 is 1.22 bits per heavy atom. The van der Waals surface area contributed by atoms with E-state index in [1.165, 1.54) is 0 Å². The van der Waals surface area contributed by atoms with Gasteiger partial charge in [-0.05, 0) is 39.2 Å². The van der Waals surface area contributed by atoms with Crippen LogP contribution >= 0.6 is 11.8 Å². The van der Waals surface area contributed by atoms with Crippen LogP contribution in [0.1, 0.15) is 49.8 Å². The largest absolute Gasteiger partial charge is 0.405 e. The molecule has 5 rings (SSSR count). The fourth-order valence-electron chi connectivity index (χ4n) is 6.40. The Labute approximate surface area is 300 Å². The number of thioether (sulfide) groups is 1. The second-order valence-electron chi connectivity index (χ2n) is 13.4. The number of aromatic amines is 1. The van der Waals surface area contributed by atoms with Gasteiger partial charge in [-0.2, -0.15) is 0 Å². The standard InChI is InChI=1S/C41H48N2O5SSi/c1-6-49-39(43-27-31(2)38(44)42-40(43)45)37(47-29-33-21-13-8-14-22-33)36(46-28-32-19-11-7-12-20-32)30-48-50(41(3,4)5,34-23-15-9-16-24-34)35-25-17-10-18-26-35/h7-27,36-37,39H,6,28-30H2,1-5H3,(H,42,44,45)/t36-,37+,39-/m0/s1. The summed E-state index contributed by atoms with van der Waals surface area (Å²) in [7, 11) is -2.97. The molecule has 0 unspecified atom stereocenters. The van der Waals surface area contributed by atoms with Gasteiger partial charge in [0.2, 0.25) is 0 Å². The molecule has 0 aliphatic heterocycles. The molecule has 0 fully saturated rings. The minimum absolute atomic E-state index is 0.206. The molecule has 1 heterocycles. The van der Waals surface area contributed by atoms with Crippen molar-refractivity contribution in [3.8, 4) is 0 Å². The lowest BCUT2D eigenvalue weighted by atomic mass is 10.1. The maximum Gasteiger partial charge on any atom is 0.329 e. The molecule has 9 heteroatoms. The number of aryl methyl sites for hydroxylation is 1. The number of hydrogen-bond donors (Lipinski definition) is 1. The summed E-state index contributed by atoms with van der Waals surface area (Å²) in [5.74, 6) is 0.696. The second kappa shape index (κ2) is 17.3. The van der Waals surface area contributed by atoms with Gasteiger partial charge in [-0.3, -0.25) is 14.3 Å². The van der Waals surface area contributed by atoms with E-state index in [-0.39, 0.29) is 11.6 Å². The van der Waals surface area contributed by atoms with E-state index < -0.39 is 37.1 Å². The van der Waals surface area contributed by atoms with Crippen LogP contribution < -0.4 is 21.6 Å². The van der Waals surface area contributed by atoms with E-state index >= 15 is 0 Å². The van der Waals surface area contributed by atoms with Gasteiger partial charge >= 0.3 is 5.69 Å². The van der Waals surface area contributed by atoms with Crippen molar-refractivity contribution in [1.29, 1.82) is 0 Å². The number of ether oxygens (including phenoxy) is 2. The molecule has 1 aromatic heterocycles. The molecule has 1 N–H and O–H groups in total. The average molecular weight is 709 g/mol. The van der Waals surface area contributed by atoms with E-state index in [0.29, 0.717) is 24.5 Å². The van der Waals surface area contributed by atoms with Crippen LogP contribution in [0.25, 0.3) is 0 Å². The molecule has 0 spiro atoms. The van der Waals surface area contributed by atoms with Crippen LogP contribution in [0.5, 0.6) is 0 Å². The van der Waals surface area contributed by atoms with Crippen LogP contribution in [0.15, 0.2) is 137 Å². The maximum absolute atomic E-state index is 13.5. The Morgan fingerprint density at radius 1 is 0.740 bits per heavy atom. The van der Waals surface area contributed by atoms with E-state index in [4.69, 9.17) is 13.9 Å². The molecule has 0 aliphatic rings. The molecular formula is C41H48N2O5SSi. The van der Waals surface area contributed by atoms with Crippen LogP contribution in [0.4, 0.5) is 0 Å². The van der Waals surface area contributed by atoms with Crippen LogP contribution in [-0.2, 0) is 27.1 Å². The van der Waals surface area contributed by atoms with Gasteiger partial charge in [-0.1, -0.05) is 149 Å². The van der Waals surface area contributed by atoms with Crippen molar-refractivity contribution in [2.45, 2.75) is 70.5 Å². The summed E-state index contributed by atoms with van der Waals surface area (Å²) in [4.78, 5) is 28.5. The summed E-state index contributed by atoms with van der Waals surface area (Å²) in [6.45, 7) is 11.3. The third-order valence-corrected chi connectivity index (χ3v) is 15.1. The third-order valence-electron chi connectivity index (χ3n) is 8.88. The predicted octanol–water partition coefficient (Wildman–Crippen LogP) is 6.84. The quantitative estimate of drug-likeness (QED) is 0.113. The van der Waals surface area contributed by atoms with Gasteiger partial charge in [0.25, 0.3) is 13.9 Å². The number of rotatable bonds is 16. The Bertz CT molecular complexity index is 1840. The summed E-state index contributed by atoms with van der Waals surface area (Å²) >= 11 is 1.57. The second-order valence-corrected chi connectivity index (χ2v) is 19.1. The van der Waals surface area contributed by atoms with Crippen molar-refractivity contribution in [2.75, 3.05) is 12.4 Å². The van der Waals surface area contributed by atoms with Gasteiger partial charge in [0.1, 0.15) is 17.6 Å². The van der Waals surface area contributed by atoms with Crippen molar-refractivity contribution >= 4 is 30.5 Å². The monoisotopic (exact) mass is 708 g/mol. The zero-order valence-corrected chi connectivity index (χ0v) is 31.4. The zero-order valence-electron chi connectivity index (χ0n) is 29.6. The number of nitrogens with zero attached hydrogens (tertiary/aromatic N) is 1. The molecule has 5 aromatic rings. The van der Waals surface area contributed by atoms with Crippen LogP contribution in [0.3, 0.4) is 0 Å². The molecule has 262 valence electrons. The molecule has 50 heavy (non-hydrogen) atoms. The molecule has 0 bridgehead atoms. The predicted molar refractivity (Wildman–Crippen MR) is 207 cm³/mol. The van der Waals surface area contributed by atoms with Crippen molar-refractivity contribution in [3.05, 3.63) is 165 Å². The molecule has 0 saturated heterocycles. The van der Waals surface area contributed by atoms with Crippen molar-refractivity contribution in [3.63, 3.8) is 0 Å². The summed E-state index contributed by atoms with van der Waals surface area (Å²) < 4.78 is 22.8. The van der Waals surface area contributed by atoms with E-state index in [9.17, 15) is 9.59 Å². The zero-order chi connectivity index (χ0) is 35.6. The minimum atomic E-state index is -2.97. The normalized spacial score (nSPS) is 13.9. The number of aromatic nitrogens is 2. The molecule has 0 amide bonds. The highest BCUT2D eigenvalue weighted by Crippen LogP contribution is 2.38. The highest BCUT2D eigenvalue weighted by atomic mass is 32.2. The first kappa shape index (κ1) is 37.3. The van der Waals surface area contributed by atoms with Crippen LogP contribution in [0, 0.1) is 6.92 Å². The Morgan fingerprint density at radius 3 is 1.70 bits per heavy atom. The number of nitrogens with one attached hydrogen (secondary N) is 1. The van der Waals surface area contributed by atoms with Crippen molar-refractivity contribution in [2.24, 2.45) is 0 Å². The number of benzene rings is 4. The van der Waals surface area contributed by atoms with Gasteiger partial charge in [-0.15, -0.1) is 11.8 Å². The first-order chi connectivity index (χ1) is 24.1. The summed E-state index contributed by atoms with van der Waals surface area (Å²) in [6.07, 6.45) is 0.374. The van der Waals surface area contributed by atoms with Gasteiger partial charge in [0, 0.05) is 11.8 Å². The average Bonchev–Trinajstić information content (AvgIpc) is 3.12. The van der Waals surface area contributed by atoms with Crippen LogP contribution in [-0.4, -0.2) is 42.4 Å². The highest BCUT2D eigenvalue weighted by Gasteiger charge is 2.51. The van der Waals surface area contributed by atoms with Crippen LogP contribution in [0.2, 0.25) is 5.04 Å². The lowest BCUT2D eigenvalue weighted by molar-refractivity contribution is -0.108. The van der Waals surface area contributed by atoms with Gasteiger partial charge in [-0.25, -0.2) is 4.79 Å². The Balaban J connectivity index is 1.64.